The number of nitrogens with one attached hydrogen (secondary N) is 3. The lowest BCUT2D eigenvalue weighted by atomic mass is 10.1. The summed E-state index contributed by atoms with van der Waals surface area (Å²) in [5.41, 5.74) is 8.95. The van der Waals surface area contributed by atoms with E-state index < -0.39 is 5.91 Å². The fraction of sp³-hybridized carbons (Fsp3) is 0.200. The maximum absolute atomic E-state index is 12.1. The average molecular weight is 378 g/mol. The van der Waals surface area contributed by atoms with E-state index in [1.165, 1.54) is 6.20 Å². The number of benzene rings is 2. The van der Waals surface area contributed by atoms with Crippen molar-refractivity contribution < 1.29 is 9.59 Å². The quantitative estimate of drug-likeness (QED) is 0.568. The van der Waals surface area contributed by atoms with Crippen LogP contribution in [0.4, 0.5) is 5.69 Å². The third kappa shape index (κ3) is 5.16. The van der Waals surface area contributed by atoms with Crippen LogP contribution < -0.4 is 16.2 Å². The van der Waals surface area contributed by atoms with Gasteiger partial charge in [-0.1, -0.05) is 53.2 Å². The number of anilines is 1. The van der Waals surface area contributed by atoms with Crippen LogP contribution >= 0.6 is 0 Å². The molecule has 3 rings (SSSR count). The standard InChI is InChI=1S/C20H22N6O2/c1-14-8-9-17(15(2)10-14)21-11-19(27)23-24-20(28)18-13-26(25-22-18)12-16-6-4-3-5-7-16/h3-10,13,21H,11-12H2,1-2H3,(H,23,27)(H,24,28). The zero-order chi connectivity index (χ0) is 19.9. The van der Waals surface area contributed by atoms with Gasteiger partial charge in [0.1, 0.15) is 0 Å². The van der Waals surface area contributed by atoms with Gasteiger partial charge >= 0.3 is 0 Å². The number of rotatable bonds is 6. The molecule has 3 N–H and O–H groups in total. The van der Waals surface area contributed by atoms with Gasteiger partial charge in [-0.3, -0.25) is 20.4 Å². The van der Waals surface area contributed by atoms with E-state index in [0.29, 0.717) is 6.54 Å². The molecule has 0 aliphatic rings. The second-order valence-electron chi connectivity index (χ2n) is 6.46. The second kappa shape index (κ2) is 8.81. The van der Waals surface area contributed by atoms with Gasteiger partial charge in [-0.25, -0.2) is 4.68 Å². The predicted molar refractivity (Wildman–Crippen MR) is 106 cm³/mol. The van der Waals surface area contributed by atoms with E-state index in [9.17, 15) is 9.59 Å². The number of hydrogen-bond donors (Lipinski definition) is 3. The zero-order valence-corrected chi connectivity index (χ0v) is 15.8. The Kier molecular flexibility index (Phi) is 6.01. The lowest BCUT2D eigenvalue weighted by Crippen LogP contribution is -2.44. The van der Waals surface area contributed by atoms with Crippen molar-refractivity contribution in [3.63, 3.8) is 0 Å². The summed E-state index contributed by atoms with van der Waals surface area (Å²) in [6, 6.07) is 15.6. The molecule has 144 valence electrons. The van der Waals surface area contributed by atoms with Gasteiger partial charge in [0.2, 0.25) is 0 Å². The van der Waals surface area contributed by atoms with Crippen LogP contribution in [0, 0.1) is 13.8 Å². The molecule has 0 saturated heterocycles. The molecular formula is C20H22N6O2. The first-order valence-corrected chi connectivity index (χ1v) is 8.85. The van der Waals surface area contributed by atoms with Crippen LogP contribution in [0.5, 0.6) is 0 Å². The number of carbonyl (C=O) groups is 2. The normalized spacial score (nSPS) is 10.4. The highest BCUT2D eigenvalue weighted by atomic mass is 16.2. The highest BCUT2D eigenvalue weighted by molar-refractivity contribution is 5.93. The molecule has 1 heterocycles. The molecule has 3 aromatic rings. The number of amides is 2. The third-order valence-corrected chi connectivity index (χ3v) is 4.10. The summed E-state index contributed by atoms with van der Waals surface area (Å²) >= 11 is 0. The van der Waals surface area contributed by atoms with Gasteiger partial charge in [-0.2, -0.15) is 0 Å². The van der Waals surface area contributed by atoms with Crippen molar-refractivity contribution in [2.75, 3.05) is 11.9 Å². The van der Waals surface area contributed by atoms with Crippen molar-refractivity contribution in [1.82, 2.24) is 25.8 Å². The second-order valence-corrected chi connectivity index (χ2v) is 6.46. The summed E-state index contributed by atoms with van der Waals surface area (Å²) in [6.07, 6.45) is 1.53. The molecular weight excluding hydrogens is 356 g/mol. The smallest absolute Gasteiger partial charge is 0.291 e. The van der Waals surface area contributed by atoms with E-state index in [0.717, 1.165) is 22.4 Å². The lowest BCUT2D eigenvalue weighted by molar-refractivity contribution is -0.120. The molecule has 0 atom stereocenters. The largest absolute Gasteiger partial charge is 0.376 e. The summed E-state index contributed by atoms with van der Waals surface area (Å²) in [7, 11) is 0. The Morgan fingerprint density at radius 1 is 1.04 bits per heavy atom. The van der Waals surface area contributed by atoms with Crippen LogP contribution in [0.1, 0.15) is 27.2 Å². The van der Waals surface area contributed by atoms with E-state index in [2.05, 4.69) is 26.5 Å². The molecule has 1 aromatic heterocycles. The Hall–Kier alpha value is -3.68. The van der Waals surface area contributed by atoms with Crippen LogP contribution in [-0.2, 0) is 11.3 Å². The Morgan fingerprint density at radius 2 is 1.82 bits per heavy atom. The molecule has 0 aliphatic heterocycles. The fourth-order valence-electron chi connectivity index (χ4n) is 2.67. The SMILES string of the molecule is Cc1ccc(NCC(=O)NNC(=O)c2cn(Cc3ccccc3)nn2)c(C)c1. The lowest BCUT2D eigenvalue weighted by Gasteiger charge is -2.10. The number of hydrazine groups is 1. The van der Waals surface area contributed by atoms with E-state index in [1.54, 1.807) is 4.68 Å². The minimum atomic E-state index is -0.529. The van der Waals surface area contributed by atoms with Gasteiger partial charge in [-0.15, -0.1) is 5.10 Å². The van der Waals surface area contributed by atoms with Gasteiger partial charge in [-0.05, 0) is 31.0 Å². The molecule has 8 heteroatoms. The van der Waals surface area contributed by atoms with Gasteiger partial charge in [0, 0.05) is 5.69 Å². The third-order valence-electron chi connectivity index (χ3n) is 4.10. The van der Waals surface area contributed by atoms with Crippen molar-refractivity contribution in [1.29, 1.82) is 0 Å². The monoisotopic (exact) mass is 378 g/mol. The molecule has 0 fully saturated rings. The van der Waals surface area contributed by atoms with Crippen molar-refractivity contribution >= 4 is 17.5 Å². The Balaban J connectivity index is 1.46. The van der Waals surface area contributed by atoms with Crippen molar-refractivity contribution in [2.45, 2.75) is 20.4 Å². The first-order valence-electron chi connectivity index (χ1n) is 8.85. The molecule has 2 amide bonds. The number of aryl methyl sites for hydroxylation is 2. The Morgan fingerprint density at radius 3 is 2.57 bits per heavy atom. The molecule has 8 nitrogen and oxygen atoms in total. The number of hydrogen-bond acceptors (Lipinski definition) is 5. The number of carbonyl (C=O) groups excluding carboxylic acids is 2. The van der Waals surface area contributed by atoms with Gasteiger partial charge < -0.3 is 5.32 Å². The number of aromatic nitrogens is 3. The van der Waals surface area contributed by atoms with Crippen LogP contribution in [0.25, 0.3) is 0 Å². The first-order chi connectivity index (χ1) is 13.5. The predicted octanol–water partition coefficient (Wildman–Crippen LogP) is 1.82. The van der Waals surface area contributed by atoms with Gasteiger partial charge in [0.05, 0.1) is 19.3 Å². The van der Waals surface area contributed by atoms with Crippen LogP contribution in [-0.4, -0.2) is 33.4 Å². The Bertz CT molecular complexity index is 968. The summed E-state index contributed by atoms with van der Waals surface area (Å²) < 4.78 is 1.56. The summed E-state index contributed by atoms with van der Waals surface area (Å²) in [5, 5.41) is 10.8. The average Bonchev–Trinajstić information content (AvgIpc) is 3.15. The maximum atomic E-state index is 12.1. The van der Waals surface area contributed by atoms with Crippen LogP contribution in [0.2, 0.25) is 0 Å². The summed E-state index contributed by atoms with van der Waals surface area (Å²) in [5.74, 6) is -0.899. The van der Waals surface area contributed by atoms with E-state index >= 15 is 0 Å². The molecule has 28 heavy (non-hydrogen) atoms. The summed E-state index contributed by atoms with van der Waals surface area (Å²) in [6.45, 7) is 4.51. The minimum absolute atomic E-state index is 0.0326. The van der Waals surface area contributed by atoms with Gasteiger partial charge in [0.25, 0.3) is 11.8 Å². The van der Waals surface area contributed by atoms with Crippen LogP contribution in [0.3, 0.4) is 0 Å². The minimum Gasteiger partial charge on any atom is -0.376 e. The van der Waals surface area contributed by atoms with Crippen molar-refractivity contribution in [2.24, 2.45) is 0 Å². The van der Waals surface area contributed by atoms with Crippen LogP contribution in [0.15, 0.2) is 54.7 Å². The topological polar surface area (TPSA) is 101 Å². The molecule has 0 aliphatic carbocycles. The van der Waals surface area contributed by atoms with E-state index in [4.69, 9.17) is 0 Å². The molecule has 0 unspecified atom stereocenters. The first kappa shape index (κ1) is 19.1. The Labute approximate surface area is 162 Å². The van der Waals surface area contributed by atoms with Crippen molar-refractivity contribution in [3.8, 4) is 0 Å². The maximum Gasteiger partial charge on any atom is 0.291 e. The fourth-order valence-corrected chi connectivity index (χ4v) is 2.67. The van der Waals surface area contributed by atoms with Crippen molar-refractivity contribution in [3.05, 3.63) is 77.1 Å². The molecule has 0 saturated carbocycles. The number of nitrogens with zero attached hydrogens (tertiary/aromatic N) is 3. The highest BCUT2D eigenvalue weighted by Gasteiger charge is 2.12. The molecule has 0 bridgehead atoms. The molecule has 2 aromatic carbocycles. The van der Waals surface area contributed by atoms with Gasteiger partial charge in [0.15, 0.2) is 5.69 Å². The van der Waals surface area contributed by atoms with E-state index in [-0.39, 0.29) is 18.1 Å². The molecule has 0 spiro atoms. The summed E-state index contributed by atoms with van der Waals surface area (Å²) in [4.78, 5) is 24.1. The van der Waals surface area contributed by atoms with E-state index in [1.807, 2.05) is 62.4 Å². The molecule has 0 radical (unpaired) electrons. The zero-order valence-electron chi connectivity index (χ0n) is 15.8. The highest BCUT2D eigenvalue weighted by Crippen LogP contribution is 2.15.